The third kappa shape index (κ3) is 8.89. The highest BCUT2D eigenvalue weighted by Crippen LogP contribution is 2.46. The van der Waals surface area contributed by atoms with Crippen molar-refractivity contribution in [1.82, 2.24) is 14.5 Å². The van der Waals surface area contributed by atoms with Crippen LogP contribution in [-0.4, -0.2) is 106 Å². The molecule has 3 aliphatic heterocycles. The summed E-state index contributed by atoms with van der Waals surface area (Å²) >= 11 is 6.37. The highest BCUT2D eigenvalue weighted by atomic mass is 35.5. The lowest BCUT2D eigenvalue weighted by atomic mass is 9.62. The molecule has 0 radical (unpaired) electrons. The molecule has 1 saturated carbocycles. The van der Waals surface area contributed by atoms with Gasteiger partial charge in [0.15, 0.2) is 0 Å². The molecule has 0 aromatic heterocycles. The van der Waals surface area contributed by atoms with Gasteiger partial charge in [-0.25, -0.2) is 13.1 Å². The van der Waals surface area contributed by atoms with Crippen LogP contribution in [0, 0.1) is 17.8 Å². The molecule has 2 amide bonds. The second-order valence-corrected chi connectivity index (χ2v) is 17.9. The fraction of sp³-hybridized carbons (Fsp3) is 0.641. The van der Waals surface area contributed by atoms with E-state index in [1.165, 1.54) is 0 Å². The number of aliphatic hydroxyl groups is 1. The molecule has 286 valence electrons. The number of hydrogen-bond acceptors (Lipinski definition) is 9. The Morgan fingerprint density at radius 3 is 2.60 bits per heavy atom. The third-order valence-corrected chi connectivity index (χ3v) is 14.2. The monoisotopic (exact) mass is 758 g/mol. The van der Waals surface area contributed by atoms with E-state index in [1.54, 1.807) is 32.2 Å². The Bertz CT molecular complexity index is 1710. The van der Waals surface area contributed by atoms with E-state index in [9.17, 15) is 23.1 Å². The molecule has 5 atom stereocenters. The highest BCUT2D eigenvalue weighted by Gasteiger charge is 2.48. The Hall–Kier alpha value is -2.90. The van der Waals surface area contributed by atoms with Crippen LogP contribution < -0.4 is 14.4 Å². The maximum absolute atomic E-state index is 13.6. The molecule has 2 aromatic rings. The Balaban J connectivity index is 1.33. The lowest BCUT2D eigenvalue weighted by Crippen LogP contribution is -2.59. The zero-order chi connectivity index (χ0) is 37.0. The van der Waals surface area contributed by atoms with Crippen molar-refractivity contribution in [3.8, 4) is 5.75 Å². The number of amides is 2. The quantitative estimate of drug-likeness (QED) is 0.439. The molecule has 6 rings (SSSR count). The number of fused-ring (bicyclic) bond motifs is 3. The Morgan fingerprint density at radius 1 is 1.02 bits per heavy atom. The van der Waals surface area contributed by atoms with Crippen LogP contribution in [0.15, 0.2) is 36.4 Å². The predicted molar refractivity (Wildman–Crippen MR) is 202 cm³/mol. The summed E-state index contributed by atoms with van der Waals surface area (Å²) in [6.07, 6.45) is 6.20. The molecule has 52 heavy (non-hydrogen) atoms. The van der Waals surface area contributed by atoms with E-state index in [1.807, 2.05) is 30.0 Å². The summed E-state index contributed by atoms with van der Waals surface area (Å²) in [4.78, 5) is 32.8. The van der Waals surface area contributed by atoms with E-state index < -0.39 is 26.8 Å². The first kappa shape index (κ1) is 38.8. The summed E-state index contributed by atoms with van der Waals surface area (Å²) in [5.41, 5.74) is 2.14. The number of sulfonamides is 1. The molecule has 0 unspecified atom stereocenters. The largest absolute Gasteiger partial charge is 0.487 e. The number of rotatable bonds is 5. The molecule has 13 heteroatoms. The van der Waals surface area contributed by atoms with Crippen molar-refractivity contribution in [2.24, 2.45) is 17.8 Å². The number of methoxy groups -OCH3 is 1. The number of carbonyl (C=O) groups excluding carboxylic acids is 2. The van der Waals surface area contributed by atoms with Crippen LogP contribution >= 0.6 is 11.6 Å². The van der Waals surface area contributed by atoms with Crippen molar-refractivity contribution >= 4 is 39.1 Å². The second-order valence-electron chi connectivity index (χ2n) is 15.5. The maximum atomic E-state index is 13.6. The van der Waals surface area contributed by atoms with Gasteiger partial charge in [-0.2, -0.15) is 0 Å². The average Bonchev–Trinajstić information content (AvgIpc) is 3.11. The minimum Gasteiger partial charge on any atom is -0.487 e. The van der Waals surface area contributed by atoms with Gasteiger partial charge < -0.3 is 24.4 Å². The Labute approximate surface area is 314 Å². The number of β-amino-alcohol motifs (C(OH)–C–C–N with tert-alkyl or cyclic N) is 1. The normalized spacial score (nSPS) is 29.1. The first-order valence-corrected chi connectivity index (χ1v) is 20.9. The van der Waals surface area contributed by atoms with Gasteiger partial charge in [-0.05, 0) is 111 Å². The first-order chi connectivity index (χ1) is 24.9. The minimum absolute atomic E-state index is 0.000999. The fourth-order valence-electron chi connectivity index (χ4n) is 8.51. The predicted octanol–water partition coefficient (Wildman–Crippen LogP) is 4.88. The molecule has 0 spiro atoms. The summed E-state index contributed by atoms with van der Waals surface area (Å²) in [5, 5.41) is 12.6. The number of anilines is 1. The van der Waals surface area contributed by atoms with Gasteiger partial charge in [-0.1, -0.05) is 31.0 Å². The number of aryl methyl sites for hydroxylation is 1. The fourth-order valence-corrected chi connectivity index (χ4v) is 10.0. The molecule has 2 N–H and O–H groups in total. The summed E-state index contributed by atoms with van der Waals surface area (Å²) in [6, 6.07) is 11.0. The Morgan fingerprint density at radius 2 is 1.85 bits per heavy atom. The van der Waals surface area contributed by atoms with Crippen molar-refractivity contribution in [3.05, 3.63) is 58.1 Å². The number of benzene rings is 2. The lowest BCUT2D eigenvalue weighted by molar-refractivity contribution is -0.142. The van der Waals surface area contributed by atoms with Crippen molar-refractivity contribution in [2.45, 2.75) is 82.7 Å². The van der Waals surface area contributed by atoms with E-state index in [2.05, 4.69) is 14.5 Å². The third-order valence-electron chi connectivity index (χ3n) is 12.1. The summed E-state index contributed by atoms with van der Waals surface area (Å²) in [5.74, 6) is -0.0732. The van der Waals surface area contributed by atoms with Gasteiger partial charge in [0.05, 0.1) is 29.7 Å². The van der Waals surface area contributed by atoms with Crippen LogP contribution in [0.1, 0.15) is 80.3 Å². The van der Waals surface area contributed by atoms with E-state index in [0.717, 1.165) is 48.9 Å². The molecule has 1 aliphatic carbocycles. The smallest absolute Gasteiger partial charge is 0.264 e. The molecule has 1 saturated heterocycles. The summed E-state index contributed by atoms with van der Waals surface area (Å²) in [6.45, 7) is 8.16. The number of ether oxygens (including phenoxy) is 2. The van der Waals surface area contributed by atoms with Crippen molar-refractivity contribution in [1.29, 1.82) is 0 Å². The summed E-state index contributed by atoms with van der Waals surface area (Å²) < 4.78 is 41.1. The van der Waals surface area contributed by atoms with Crippen LogP contribution in [0.3, 0.4) is 0 Å². The zero-order valence-corrected chi connectivity index (χ0v) is 32.4. The van der Waals surface area contributed by atoms with Crippen LogP contribution in [0.25, 0.3) is 0 Å². The van der Waals surface area contributed by atoms with Crippen LogP contribution in [0.4, 0.5) is 5.69 Å². The van der Waals surface area contributed by atoms with Gasteiger partial charge >= 0.3 is 0 Å². The second kappa shape index (κ2) is 16.6. The standard InChI is InChI=1S/C39H55ClN4O7S/c1-27-7-6-15-39(47,26-42-17-18-43(19-20-50-3)37(45)24-42)34-13-10-31(34)23-44-16-5-4-8-29-21-33(40)12-9-32(29)25-51-36-14-11-30(22-35(36)44)38(46)41-52(48,49)28(27)2/h9,11-12,14,21-22,27-28,31,34,47H,4-8,10,13,15-20,23-26H2,1-3H3,(H,41,46)/t27-,28+,31-,34+,39-/m0/s1. The lowest BCUT2D eigenvalue weighted by Gasteiger charge is -2.51. The Kier molecular flexibility index (Phi) is 12.4. The number of halogens is 1. The molecule has 2 bridgehead atoms. The first-order valence-electron chi connectivity index (χ1n) is 18.9. The number of piperazine rings is 1. The minimum atomic E-state index is -3.99. The van der Waals surface area contributed by atoms with Crippen molar-refractivity contribution in [2.75, 3.05) is 64.4 Å². The van der Waals surface area contributed by atoms with Gasteiger partial charge in [0.1, 0.15) is 12.4 Å². The summed E-state index contributed by atoms with van der Waals surface area (Å²) in [7, 11) is -2.36. The van der Waals surface area contributed by atoms with Gasteiger partial charge in [-0.15, -0.1) is 0 Å². The van der Waals surface area contributed by atoms with E-state index in [0.29, 0.717) is 82.5 Å². The molecule has 11 nitrogen and oxygen atoms in total. The molecule has 4 aliphatic rings. The van der Waals surface area contributed by atoms with E-state index in [-0.39, 0.29) is 35.8 Å². The molecule has 3 heterocycles. The van der Waals surface area contributed by atoms with Gasteiger partial charge in [0.2, 0.25) is 15.9 Å². The number of hydrogen-bond donors (Lipinski definition) is 2. The van der Waals surface area contributed by atoms with Gasteiger partial charge in [-0.3, -0.25) is 14.5 Å². The average molecular weight is 759 g/mol. The van der Waals surface area contributed by atoms with Crippen molar-refractivity contribution in [3.63, 3.8) is 0 Å². The molecule has 2 aromatic carbocycles. The molecular weight excluding hydrogens is 704 g/mol. The van der Waals surface area contributed by atoms with E-state index >= 15 is 0 Å². The maximum Gasteiger partial charge on any atom is 0.264 e. The van der Waals surface area contributed by atoms with Crippen LogP contribution in [0.2, 0.25) is 5.02 Å². The SMILES string of the molecule is COCCN1CCN(C[C@@]2(O)CCC[C@H](C)[C@@H](C)S(=O)(=O)NC(=O)c3ccc4c(c3)N(CCCCc3cc(Cl)ccc3CO4)C[C@@H]3CC[C@H]32)CC1=O. The van der Waals surface area contributed by atoms with Crippen LogP contribution in [-0.2, 0) is 32.6 Å². The van der Waals surface area contributed by atoms with Crippen molar-refractivity contribution < 1.29 is 32.6 Å². The topological polar surface area (TPSA) is 129 Å². The van der Waals surface area contributed by atoms with Gasteiger partial charge in [0, 0.05) is 57.0 Å². The zero-order valence-electron chi connectivity index (χ0n) is 30.8. The number of nitrogens with zero attached hydrogens (tertiary/aromatic N) is 3. The number of nitrogens with one attached hydrogen (secondary N) is 1. The number of carbonyl (C=O) groups is 2. The van der Waals surface area contributed by atoms with Gasteiger partial charge in [0.25, 0.3) is 5.91 Å². The molecular formula is C39H55ClN4O7S. The van der Waals surface area contributed by atoms with Crippen LogP contribution in [0.5, 0.6) is 5.75 Å². The highest BCUT2D eigenvalue weighted by molar-refractivity contribution is 7.90. The molecule has 2 fully saturated rings. The van der Waals surface area contributed by atoms with E-state index in [4.69, 9.17) is 21.1 Å².